The molecular formula is C50H68IN15O10. The maximum atomic E-state index is 14.8. The lowest BCUT2D eigenvalue weighted by Crippen LogP contribution is -2.61. The zero-order chi connectivity index (χ0) is 55.1. The van der Waals surface area contributed by atoms with Crippen molar-refractivity contribution in [1.29, 1.82) is 0 Å². The number of carbonyl (C=O) groups excluding carboxylic acids is 9. The Labute approximate surface area is 452 Å². The van der Waals surface area contributed by atoms with E-state index in [0.717, 1.165) is 14.5 Å². The first-order chi connectivity index (χ1) is 36.4. The van der Waals surface area contributed by atoms with Crippen molar-refractivity contribution in [2.45, 2.75) is 133 Å². The molecular weight excluding hydrogens is 1100 g/mol. The van der Waals surface area contributed by atoms with Gasteiger partial charge < -0.3 is 69.2 Å². The number of benzene rings is 2. The number of nitrogens with two attached hydrogens (primary N) is 3. The molecule has 26 heteroatoms. The van der Waals surface area contributed by atoms with E-state index in [9.17, 15) is 43.2 Å². The molecule has 1 fully saturated rings. The number of imidazole rings is 1. The van der Waals surface area contributed by atoms with Crippen molar-refractivity contribution < 1.29 is 48.0 Å². The summed E-state index contributed by atoms with van der Waals surface area (Å²) in [4.78, 5) is 144. The van der Waals surface area contributed by atoms with Crippen LogP contribution >= 0.6 is 22.6 Å². The van der Waals surface area contributed by atoms with Gasteiger partial charge in [0.2, 0.25) is 47.3 Å². The number of H-pyrrole nitrogens is 2. The van der Waals surface area contributed by atoms with Crippen molar-refractivity contribution >= 4 is 92.7 Å². The maximum absolute atomic E-state index is 14.8. The number of amides is 8. The number of hydrogen-bond acceptors (Lipinski definition) is 13. The summed E-state index contributed by atoms with van der Waals surface area (Å²) in [5.74, 6) is -7.59. The molecule has 7 atom stereocenters. The topological polar surface area (TPSA) is 394 Å². The van der Waals surface area contributed by atoms with Crippen LogP contribution in [0, 0.1) is 3.57 Å². The van der Waals surface area contributed by atoms with E-state index in [4.69, 9.17) is 22.0 Å². The Morgan fingerprint density at radius 2 is 1.46 bits per heavy atom. The van der Waals surface area contributed by atoms with Gasteiger partial charge in [0.15, 0.2) is 5.96 Å². The van der Waals surface area contributed by atoms with Crippen molar-refractivity contribution in [2.24, 2.45) is 22.2 Å². The number of primary amides is 1. The van der Waals surface area contributed by atoms with Crippen molar-refractivity contribution in [1.82, 2.24) is 57.6 Å². The van der Waals surface area contributed by atoms with Crippen LogP contribution < -0.4 is 59.9 Å². The van der Waals surface area contributed by atoms with Crippen LogP contribution in [-0.2, 0) is 67.3 Å². The maximum Gasteiger partial charge on any atom is 0.327 e. The molecule has 0 radical (unpaired) electrons. The van der Waals surface area contributed by atoms with E-state index >= 15 is 0 Å². The van der Waals surface area contributed by atoms with Crippen LogP contribution in [0.15, 0.2) is 72.2 Å². The molecule has 0 spiro atoms. The third-order valence-electron chi connectivity index (χ3n) is 12.3. The number of carbonyl (C=O) groups is 9. The van der Waals surface area contributed by atoms with Crippen LogP contribution in [0.3, 0.4) is 0 Å². The summed E-state index contributed by atoms with van der Waals surface area (Å²) in [5.41, 5.74) is 21.9. The Balaban J connectivity index is 1.55. The van der Waals surface area contributed by atoms with Crippen molar-refractivity contribution in [3.05, 3.63) is 87.6 Å². The van der Waals surface area contributed by atoms with E-state index in [2.05, 4.69) is 85.2 Å². The van der Waals surface area contributed by atoms with Crippen LogP contribution in [0.4, 0.5) is 0 Å². The van der Waals surface area contributed by atoms with Crippen molar-refractivity contribution in [3.63, 3.8) is 0 Å². The predicted molar refractivity (Wildman–Crippen MR) is 288 cm³/mol. The van der Waals surface area contributed by atoms with Crippen LogP contribution in [0.25, 0.3) is 10.9 Å². The molecule has 4 aromatic rings. The first-order valence-corrected chi connectivity index (χ1v) is 26.1. The highest BCUT2D eigenvalue weighted by Gasteiger charge is 2.35. The van der Waals surface area contributed by atoms with Gasteiger partial charge in [0.05, 0.1) is 12.7 Å². The van der Waals surface area contributed by atoms with E-state index in [1.807, 2.05) is 31.2 Å². The minimum absolute atomic E-state index is 0.0430. The molecule has 1 aliphatic heterocycles. The third-order valence-corrected chi connectivity index (χ3v) is 13.0. The van der Waals surface area contributed by atoms with Gasteiger partial charge in [-0.15, -0.1) is 0 Å². The van der Waals surface area contributed by atoms with E-state index in [-0.39, 0.29) is 76.8 Å². The average molecular weight is 1170 g/mol. The van der Waals surface area contributed by atoms with E-state index < -0.39 is 102 Å². The molecule has 0 aliphatic carbocycles. The number of nitrogens with one attached hydrogen (secondary N) is 10. The second-order valence-corrected chi connectivity index (χ2v) is 19.6. The summed E-state index contributed by atoms with van der Waals surface area (Å²) in [7, 11) is 0. The Morgan fingerprint density at radius 3 is 2.13 bits per heavy atom. The highest BCUT2D eigenvalue weighted by molar-refractivity contribution is 14.1. The second kappa shape index (κ2) is 30.1. The fourth-order valence-electron chi connectivity index (χ4n) is 8.33. The molecule has 8 amide bonds. The summed E-state index contributed by atoms with van der Waals surface area (Å²) >= 11 is 2.12. The minimum atomic E-state index is -1.66. The number of aromatic amines is 2. The first kappa shape index (κ1) is 59.3. The van der Waals surface area contributed by atoms with E-state index in [1.54, 1.807) is 30.5 Å². The number of aromatic nitrogens is 3. The second-order valence-electron chi connectivity index (χ2n) is 18.4. The van der Waals surface area contributed by atoms with Crippen LogP contribution in [0.2, 0.25) is 0 Å². The van der Waals surface area contributed by atoms with Crippen LogP contribution in [0.5, 0.6) is 0 Å². The van der Waals surface area contributed by atoms with Crippen molar-refractivity contribution in [3.8, 4) is 0 Å². The Kier molecular flexibility index (Phi) is 23.4. The minimum Gasteiger partial charge on any atom is -0.371 e. The number of hydrogen-bond donors (Lipinski definition) is 13. The zero-order valence-corrected chi connectivity index (χ0v) is 44.5. The van der Waals surface area contributed by atoms with E-state index in [0.29, 0.717) is 29.7 Å². The molecule has 0 bridgehead atoms. The molecule has 1 aliphatic rings. The Morgan fingerprint density at radius 1 is 0.803 bits per heavy atom. The molecule has 1 saturated heterocycles. The summed E-state index contributed by atoms with van der Waals surface area (Å²) in [5, 5.41) is 19.5. The van der Waals surface area contributed by atoms with Gasteiger partial charge in [-0.3, -0.25) is 48.1 Å². The molecule has 76 heavy (non-hydrogen) atoms. The number of fused-ring (bicyclic) bond motifs is 1. The predicted octanol–water partition coefficient (Wildman–Crippen LogP) is -0.712. The highest BCUT2D eigenvalue weighted by Crippen LogP contribution is 2.20. The monoisotopic (exact) mass is 1170 g/mol. The average Bonchev–Trinajstić information content (AvgIpc) is 4.06. The highest BCUT2D eigenvalue weighted by atomic mass is 127. The lowest BCUT2D eigenvalue weighted by Gasteiger charge is -2.28. The normalized spacial score (nSPS) is 21.2. The standard InChI is InChI=1S/C50H68IN15O10/c1-3-4-11-36(60-28(2)67)44(70)66-41-24-42(68)76-59-20-8-7-13-35(43(52)69)61-47(73)39(22-30-25-57-34-12-6-5-10-33(30)34)64-45(71)37(14-9-19-56-50(53)54)62-46(72)38(21-29-15-17-31(51)18-16-29)63-48(74)40(65-49(41)75)23-32-26-55-27-58-32/h5-6,10,12,15-18,25-27,35-41,57,59H,3-4,7-9,11,13-14,19-24H2,1-2H3,(H2,52,69)(H,55,58)(H,60,67)(H,61,73)(H,62,72)(H,63,74)(H,64,71)(H,65,75)(H,66,70)(H4,53,54,56)/t35-,36-,37-,38+,39-,40-,41-/m0/s1. The number of unbranched alkanes of at least 4 members (excludes halogenated alkanes) is 1. The molecule has 25 nitrogen and oxygen atoms in total. The number of hydroxylamine groups is 1. The lowest BCUT2D eigenvalue weighted by atomic mass is 10.0. The fourth-order valence-corrected chi connectivity index (χ4v) is 8.69. The number of guanidine groups is 1. The molecule has 2 aromatic heterocycles. The van der Waals surface area contributed by atoms with Gasteiger partial charge in [-0.05, 0) is 90.4 Å². The molecule has 0 unspecified atom stereocenters. The molecule has 16 N–H and O–H groups in total. The molecule has 410 valence electrons. The summed E-state index contributed by atoms with van der Waals surface area (Å²) in [6.45, 7) is 3.22. The van der Waals surface area contributed by atoms with Gasteiger partial charge >= 0.3 is 5.97 Å². The Bertz CT molecular complexity index is 2660. The van der Waals surface area contributed by atoms with Crippen LogP contribution in [0.1, 0.15) is 88.5 Å². The van der Waals surface area contributed by atoms with Gasteiger partial charge in [-0.25, -0.2) is 4.98 Å². The number of nitrogens with zero attached hydrogens (tertiary/aromatic N) is 2. The van der Waals surface area contributed by atoms with Gasteiger partial charge in [0.25, 0.3) is 0 Å². The number of aliphatic imine (C=N–C) groups is 1. The summed E-state index contributed by atoms with van der Waals surface area (Å²) in [6.07, 6.45) is 5.44. The Hall–Kier alpha value is -7.62. The first-order valence-electron chi connectivity index (χ1n) is 25.0. The fraction of sp³-hybridized carbons (Fsp3) is 0.460. The van der Waals surface area contributed by atoms with Crippen LogP contribution in [-0.4, -0.2) is 130 Å². The smallest absolute Gasteiger partial charge is 0.327 e. The molecule has 3 heterocycles. The summed E-state index contributed by atoms with van der Waals surface area (Å²) < 4.78 is 0.881. The molecule has 5 rings (SSSR count). The molecule has 0 saturated carbocycles. The largest absolute Gasteiger partial charge is 0.371 e. The van der Waals surface area contributed by atoms with Gasteiger partial charge in [0.1, 0.15) is 42.3 Å². The van der Waals surface area contributed by atoms with Gasteiger partial charge in [-0.1, -0.05) is 50.1 Å². The quantitative estimate of drug-likeness (QED) is 0.0269. The van der Waals surface area contributed by atoms with Crippen molar-refractivity contribution in [2.75, 3.05) is 13.1 Å². The van der Waals surface area contributed by atoms with Gasteiger partial charge in [0, 0.05) is 71.8 Å². The SMILES string of the molecule is CCCC[C@H](NC(C)=O)C(=O)N[C@H]1CC(=O)ONCCCC[C@@H](C(N)=O)NC(=O)[C@H](Cc2c[nH]c3ccccc23)NC(=O)[C@H](CCCN=C(N)N)NC(=O)[C@@H](Cc2ccc(I)cc2)NC(=O)[C@H](Cc2cnc[nH]2)NC1=O. The van der Waals surface area contributed by atoms with Gasteiger partial charge in [-0.2, -0.15) is 5.48 Å². The zero-order valence-electron chi connectivity index (χ0n) is 42.4. The van der Waals surface area contributed by atoms with E-state index in [1.165, 1.54) is 19.4 Å². The molecule has 2 aromatic carbocycles. The summed E-state index contributed by atoms with van der Waals surface area (Å²) in [6, 6.07) is 4.87. The number of halogens is 1. The lowest BCUT2D eigenvalue weighted by molar-refractivity contribution is -0.153. The number of para-hydroxylation sites is 1. The third kappa shape index (κ3) is 19.3. The number of rotatable bonds is 17.